The molecule has 4 nitrogen and oxygen atoms in total. The average molecular weight is 264 g/mol. The third kappa shape index (κ3) is 3.42. The van der Waals surface area contributed by atoms with Crippen LogP contribution in [0.5, 0.6) is 0 Å². The number of aliphatic hydroxyl groups is 1. The summed E-state index contributed by atoms with van der Waals surface area (Å²) < 4.78 is 0. The van der Waals surface area contributed by atoms with E-state index in [0.29, 0.717) is 24.1 Å². The van der Waals surface area contributed by atoms with Crippen LogP contribution >= 0.6 is 11.6 Å². The number of hydrogen-bond donors (Lipinski definition) is 1. The first-order valence-electron chi connectivity index (χ1n) is 5.67. The van der Waals surface area contributed by atoms with Crippen LogP contribution < -0.4 is 4.90 Å². The topological polar surface area (TPSA) is 49.2 Å². The van der Waals surface area contributed by atoms with Crippen molar-refractivity contribution in [1.82, 2.24) is 9.97 Å². The third-order valence-corrected chi connectivity index (χ3v) is 2.74. The maximum atomic E-state index is 9.13. The average Bonchev–Trinajstić information content (AvgIpc) is 2.39. The van der Waals surface area contributed by atoms with E-state index < -0.39 is 0 Å². The summed E-state index contributed by atoms with van der Waals surface area (Å²) in [6.45, 7) is 1.24. The Balaban J connectivity index is 2.18. The minimum absolute atomic E-state index is 0.0639. The molecule has 0 radical (unpaired) electrons. The minimum Gasteiger partial charge on any atom is -0.395 e. The maximum absolute atomic E-state index is 9.13. The highest BCUT2D eigenvalue weighted by Gasteiger charge is 2.08. The van der Waals surface area contributed by atoms with Gasteiger partial charge in [-0.25, -0.2) is 9.97 Å². The SMILES string of the molecule is OCCN(Cc1ccccc1)c1cc(Cl)ncn1. The second-order valence-electron chi connectivity index (χ2n) is 3.83. The van der Waals surface area contributed by atoms with Crippen LogP contribution in [0.1, 0.15) is 5.56 Å². The smallest absolute Gasteiger partial charge is 0.134 e. The van der Waals surface area contributed by atoms with E-state index in [0.717, 1.165) is 5.56 Å². The molecule has 0 saturated carbocycles. The summed E-state index contributed by atoms with van der Waals surface area (Å²) in [4.78, 5) is 9.99. The fraction of sp³-hybridized carbons (Fsp3) is 0.231. The van der Waals surface area contributed by atoms with Crippen molar-refractivity contribution in [3.63, 3.8) is 0 Å². The van der Waals surface area contributed by atoms with Crippen LogP contribution in [0.4, 0.5) is 5.82 Å². The molecular weight excluding hydrogens is 250 g/mol. The van der Waals surface area contributed by atoms with Crippen LogP contribution in [0.25, 0.3) is 0 Å². The Labute approximate surface area is 111 Å². The van der Waals surface area contributed by atoms with Crippen molar-refractivity contribution in [2.45, 2.75) is 6.54 Å². The first-order chi connectivity index (χ1) is 8.79. The molecule has 94 valence electrons. The molecule has 1 aromatic carbocycles. The molecule has 1 aromatic heterocycles. The van der Waals surface area contributed by atoms with E-state index in [2.05, 4.69) is 9.97 Å². The summed E-state index contributed by atoms with van der Waals surface area (Å²) in [6, 6.07) is 11.7. The Hall–Kier alpha value is -1.65. The quantitative estimate of drug-likeness (QED) is 0.840. The second kappa shape index (κ2) is 6.33. The number of aromatic nitrogens is 2. The normalized spacial score (nSPS) is 10.3. The molecule has 2 aromatic rings. The predicted octanol–water partition coefficient (Wildman–Crippen LogP) is 2.13. The summed E-state index contributed by atoms with van der Waals surface area (Å²) >= 11 is 5.85. The van der Waals surface area contributed by atoms with Gasteiger partial charge in [-0.3, -0.25) is 0 Å². The van der Waals surface area contributed by atoms with Crippen molar-refractivity contribution < 1.29 is 5.11 Å². The summed E-state index contributed by atoms with van der Waals surface area (Å²) in [5.41, 5.74) is 1.15. The zero-order valence-electron chi connectivity index (χ0n) is 9.83. The highest BCUT2D eigenvalue weighted by atomic mass is 35.5. The monoisotopic (exact) mass is 263 g/mol. The zero-order valence-corrected chi connectivity index (χ0v) is 10.6. The van der Waals surface area contributed by atoms with Crippen molar-refractivity contribution >= 4 is 17.4 Å². The van der Waals surface area contributed by atoms with Gasteiger partial charge in [0.2, 0.25) is 0 Å². The standard InChI is InChI=1S/C13H14ClN3O/c14-12-8-13(16-10-15-12)17(6-7-18)9-11-4-2-1-3-5-11/h1-5,8,10,18H,6-7,9H2. The van der Waals surface area contributed by atoms with Crippen molar-refractivity contribution in [2.75, 3.05) is 18.1 Å². The molecule has 0 aliphatic rings. The molecule has 5 heteroatoms. The fourth-order valence-electron chi connectivity index (χ4n) is 1.70. The number of rotatable bonds is 5. The molecule has 18 heavy (non-hydrogen) atoms. The number of nitrogens with zero attached hydrogens (tertiary/aromatic N) is 3. The lowest BCUT2D eigenvalue weighted by molar-refractivity contribution is 0.301. The molecule has 0 aliphatic carbocycles. The molecule has 1 heterocycles. The second-order valence-corrected chi connectivity index (χ2v) is 4.22. The van der Waals surface area contributed by atoms with Gasteiger partial charge in [0, 0.05) is 19.2 Å². The van der Waals surface area contributed by atoms with Crippen molar-refractivity contribution in [1.29, 1.82) is 0 Å². The first-order valence-corrected chi connectivity index (χ1v) is 6.04. The summed E-state index contributed by atoms with van der Waals surface area (Å²) in [6.07, 6.45) is 1.42. The van der Waals surface area contributed by atoms with E-state index in [-0.39, 0.29) is 6.61 Å². The Morgan fingerprint density at radius 1 is 1.17 bits per heavy atom. The number of benzene rings is 1. The Bertz CT molecular complexity index is 493. The lowest BCUT2D eigenvalue weighted by Gasteiger charge is -2.22. The van der Waals surface area contributed by atoms with Crippen molar-refractivity contribution in [2.24, 2.45) is 0 Å². The van der Waals surface area contributed by atoms with Gasteiger partial charge in [-0.15, -0.1) is 0 Å². The molecule has 0 bridgehead atoms. The van der Waals surface area contributed by atoms with Gasteiger partial charge in [0.1, 0.15) is 17.3 Å². The third-order valence-electron chi connectivity index (χ3n) is 2.53. The molecule has 1 N–H and O–H groups in total. The Morgan fingerprint density at radius 3 is 2.61 bits per heavy atom. The van der Waals surface area contributed by atoms with Crippen molar-refractivity contribution in [3.05, 3.63) is 53.4 Å². The molecule has 0 unspecified atom stereocenters. The predicted molar refractivity (Wildman–Crippen MR) is 71.6 cm³/mol. The molecule has 0 aliphatic heterocycles. The highest BCUT2D eigenvalue weighted by molar-refractivity contribution is 6.29. The lowest BCUT2D eigenvalue weighted by atomic mass is 10.2. The number of aliphatic hydroxyl groups excluding tert-OH is 1. The van der Waals surface area contributed by atoms with Gasteiger partial charge in [0.15, 0.2) is 0 Å². The highest BCUT2D eigenvalue weighted by Crippen LogP contribution is 2.16. The fourth-order valence-corrected chi connectivity index (χ4v) is 1.84. The Kier molecular flexibility index (Phi) is 4.50. The van der Waals surface area contributed by atoms with Gasteiger partial charge in [-0.05, 0) is 5.56 Å². The maximum Gasteiger partial charge on any atom is 0.134 e. The summed E-state index contributed by atoms with van der Waals surface area (Å²) in [5.74, 6) is 0.716. The van der Waals surface area contributed by atoms with Crippen LogP contribution in [-0.4, -0.2) is 28.2 Å². The molecular formula is C13H14ClN3O. The molecule has 0 amide bonds. The number of hydrogen-bond acceptors (Lipinski definition) is 4. The summed E-state index contributed by atoms with van der Waals surface area (Å²) in [5, 5.41) is 9.53. The molecule has 0 atom stereocenters. The van der Waals surface area contributed by atoms with Crippen LogP contribution in [0, 0.1) is 0 Å². The van der Waals surface area contributed by atoms with E-state index in [1.807, 2.05) is 35.2 Å². The van der Waals surface area contributed by atoms with Gasteiger partial charge < -0.3 is 10.0 Å². The molecule has 0 fully saturated rings. The van der Waals surface area contributed by atoms with E-state index in [4.69, 9.17) is 16.7 Å². The summed E-state index contributed by atoms with van der Waals surface area (Å²) in [7, 11) is 0. The van der Waals surface area contributed by atoms with Crippen LogP contribution in [-0.2, 0) is 6.54 Å². The molecule has 0 saturated heterocycles. The minimum atomic E-state index is 0.0639. The number of halogens is 1. The molecule has 0 spiro atoms. The van der Waals surface area contributed by atoms with E-state index in [9.17, 15) is 0 Å². The van der Waals surface area contributed by atoms with Gasteiger partial charge in [0.05, 0.1) is 6.61 Å². The van der Waals surface area contributed by atoms with Crippen LogP contribution in [0.2, 0.25) is 5.15 Å². The van der Waals surface area contributed by atoms with E-state index >= 15 is 0 Å². The Morgan fingerprint density at radius 2 is 1.94 bits per heavy atom. The first kappa shape index (κ1) is 12.8. The van der Waals surface area contributed by atoms with Crippen LogP contribution in [0.3, 0.4) is 0 Å². The largest absolute Gasteiger partial charge is 0.395 e. The lowest BCUT2D eigenvalue weighted by Crippen LogP contribution is -2.27. The van der Waals surface area contributed by atoms with Gasteiger partial charge >= 0.3 is 0 Å². The zero-order chi connectivity index (χ0) is 12.8. The van der Waals surface area contributed by atoms with Gasteiger partial charge in [-0.2, -0.15) is 0 Å². The van der Waals surface area contributed by atoms with E-state index in [1.165, 1.54) is 6.33 Å². The van der Waals surface area contributed by atoms with Gasteiger partial charge in [-0.1, -0.05) is 41.9 Å². The molecule has 2 rings (SSSR count). The van der Waals surface area contributed by atoms with Crippen LogP contribution in [0.15, 0.2) is 42.7 Å². The van der Waals surface area contributed by atoms with Crippen molar-refractivity contribution in [3.8, 4) is 0 Å². The van der Waals surface area contributed by atoms with Gasteiger partial charge in [0.25, 0.3) is 0 Å². The number of anilines is 1. The van der Waals surface area contributed by atoms with E-state index in [1.54, 1.807) is 6.07 Å².